The number of aryl methyl sites for hydroxylation is 1. The van der Waals surface area contributed by atoms with Crippen molar-refractivity contribution in [2.24, 2.45) is 0 Å². The van der Waals surface area contributed by atoms with E-state index in [1.54, 1.807) is 6.20 Å². The zero-order chi connectivity index (χ0) is 13.8. The summed E-state index contributed by atoms with van der Waals surface area (Å²) in [5.41, 5.74) is 0.711. The molecule has 0 radical (unpaired) electrons. The fraction of sp³-hybridized carbons (Fsp3) is 0.286. The van der Waals surface area contributed by atoms with Gasteiger partial charge in [0, 0.05) is 12.1 Å². The van der Waals surface area contributed by atoms with E-state index in [0.29, 0.717) is 11.5 Å². The highest BCUT2D eigenvalue weighted by atomic mass is 19.2. The molecular formula is C14H15F2N3. The van der Waals surface area contributed by atoms with Crippen molar-refractivity contribution in [2.45, 2.75) is 20.3 Å². The molecule has 0 fully saturated rings. The second-order valence-electron chi connectivity index (χ2n) is 4.27. The number of hydrogen-bond acceptors (Lipinski definition) is 3. The molecule has 0 bridgehead atoms. The van der Waals surface area contributed by atoms with Gasteiger partial charge in [0.25, 0.3) is 0 Å². The lowest BCUT2D eigenvalue weighted by atomic mass is 10.1. The standard InChI is InChI=1S/C14H15F2N3/c1-3-6-18-12-8-17-7-11(19-12)10-5-4-9(2)13(15)14(10)16/h4-5,7-8H,3,6H2,1-2H3,(H,18,19). The molecule has 0 atom stereocenters. The number of hydrogen-bond donors (Lipinski definition) is 1. The van der Waals surface area contributed by atoms with E-state index in [9.17, 15) is 8.78 Å². The lowest BCUT2D eigenvalue weighted by molar-refractivity contribution is 0.505. The predicted octanol–water partition coefficient (Wildman–Crippen LogP) is 3.55. The fourth-order valence-corrected chi connectivity index (χ4v) is 1.68. The van der Waals surface area contributed by atoms with Gasteiger partial charge in [0.05, 0.1) is 18.1 Å². The molecule has 100 valence electrons. The zero-order valence-corrected chi connectivity index (χ0v) is 10.9. The number of halogens is 2. The molecule has 0 aliphatic carbocycles. The minimum absolute atomic E-state index is 0.121. The van der Waals surface area contributed by atoms with E-state index in [1.165, 1.54) is 25.3 Å². The van der Waals surface area contributed by atoms with Crippen LogP contribution in [0, 0.1) is 18.6 Å². The van der Waals surface area contributed by atoms with Crippen LogP contribution in [-0.4, -0.2) is 16.5 Å². The van der Waals surface area contributed by atoms with Crippen molar-refractivity contribution >= 4 is 5.82 Å². The molecule has 19 heavy (non-hydrogen) atoms. The molecular weight excluding hydrogens is 248 g/mol. The average molecular weight is 263 g/mol. The largest absolute Gasteiger partial charge is 0.369 e. The Morgan fingerprint density at radius 2 is 1.95 bits per heavy atom. The van der Waals surface area contributed by atoms with Gasteiger partial charge in [-0.3, -0.25) is 4.98 Å². The van der Waals surface area contributed by atoms with Crippen LogP contribution in [-0.2, 0) is 0 Å². The van der Waals surface area contributed by atoms with Gasteiger partial charge in [-0.05, 0) is 25.0 Å². The molecule has 0 aliphatic rings. The van der Waals surface area contributed by atoms with Gasteiger partial charge in [-0.15, -0.1) is 0 Å². The van der Waals surface area contributed by atoms with Gasteiger partial charge in [-0.1, -0.05) is 13.0 Å². The highest BCUT2D eigenvalue weighted by Gasteiger charge is 2.14. The normalized spacial score (nSPS) is 10.5. The number of rotatable bonds is 4. The summed E-state index contributed by atoms with van der Waals surface area (Å²) in [5.74, 6) is -1.17. The van der Waals surface area contributed by atoms with E-state index in [2.05, 4.69) is 15.3 Å². The second-order valence-corrected chi connectivity index (χ2v) is 4.27. The van der Waals surface area contributed by atoms with Crippen LogP contribution in [0.15, 0.2) is 24.5 Å². The summed E-state index contributed by atoms with van der Waals surface area (Å²) >= 11 is 0. The molecule has 2 aromatic rings. The molecule has 0 amide bonds. The highest BCUT2D eigenvalue weighted by Crippen LogP contribution is 2.24. The van der Waals surface area contributed by atoms with Crippen molar-refractivity contribution in [2.75, 3.05) is 11.9 Å². The highest BCUT2D eigenvalue weighted by molar-refractivity contribution is 5.61. The third-order valence-corrected chi connectivity index (χ3v) is 2.74. The fourth-order valence-electron chi connectivity index (χ4n) is 1.68. The van der Waals surface area contributed by atoms with E-state index < -0.39 is 11.6 Å². The molecule has 1 N–H and O–H groups in total. The van der Waals surface area contributed by atoms with Gasteiger partial charge in [-0.2, -0.15) is 0 Å². The van der Waals surface area contributed by atoms with E-state index in [1.807, 2.05) is 6.92 Å². The van der Waals surface area contributed by atoms with E-state index in [4.69, 9.17) is 0 Å². The van der Waals surface area contributed by atoms with Crippen LogP contribution in [0.4, 0.5) is 14.6 Å². The summed E-state index contributed by atoms with van der Waals surface area (Å²) in [6, 6.07) is 3.04. The molecule has 5 heteroatoms. The Kier molecular flexibility index (Phi) is 4.04. The van der Waals surface area contributed by atoms with Crippen molar-refractivity contribution in [3.63, 3.8) is 0 Å². The summed E-state index contributed by atoms with van der Waals surface area (Å²) in [5, 5.41) is 3.06. The second kappa shape index (κ2) is 5.73. The van der Waals surface area contributed by atoms with Crippen LogP contribution in [0.5, 0.6) is 0 Å². The van der Waals surface area contributed by atoms with Crippen LogP contribution in [0.25, 0.3) is 11.3 Å². The van der Waals surface area contributed by atoms with E-state index in [-0.39, 0.29) is 11.1 Å². The van der Waals surface area contributed by atoms with Gasteiger partial charge in [0.2, 0.25) is 0 Å². The topological polar surface area (TPSA) is 37.8 Å². The number of aromatic nitrogens is 2. The summed E-state index contributed by atoms with van der Waals surface area (Å²) in [6.07, 6.45) is 3.92. The van der Waals surface area contributed by atoms with Gasteiger partial charge in [0.15, 0.2) is 11.6 Å². The summed E-state index contributed by atoms with van der Waals surface area (Å²) in [6.45, 7) is 4.30. The molecule has 0 saturated heterocycles. The number of nitrogens with zero attached hydrogens (tertiary/aromatic N) is 2. The lowest BCUT2D eigenvalue weighted by Crippen LogP contribution is -2.03. The Labute approximate surface area is 110 Å². The Balaban J connectivity index is 2.39. The SMILES string of the molecule is CCCNc1cncc(-c2ccc(C)c(F)c2F)n1. The van der Waals surface area contributed by atoms with Crippen LogP contribution >= 0.6 is 0 Å². The first-order valence-electron chi connectivity index (χ1n) is 6.14. The van der Waals surface area contributed by atoms with Gasteiger partial charge < -0.3 is 5.32 Å². The monoisotopic (exact) mass is 263 g/mol. The maximum atomic E-state index is 13.9. The predicted molar refractivity (Wildman–Crippen MR) is 70.9 cm³/mol. The first-order chi connectivity index (χ1) is 9.13. The first-order valence-corrected chi connectivity index (χ1v) is 6.14. The minimum atomic E-state index is -0.887. The quantitative estimate of drug-likeness (QED) is 0.916. The van der Waals surface area contributed by atoms with Gasteiger partial charge in [-0.25, -0.2) is 13.8 Å². The van der Waals surface area contributed by atoms with Crippen LogP contribution in [0.3, 0.4) is 0 Å². The maximum absolute atomic E-state index is 13.9. The third kappa shape index (κ3) is 2.86. The average Bonchev–Trinajstić information content (AvgIpc) is 2.43. The minimum Gasteiger partial charge on any atom is -0.369 e. The molecule has 0 spiro atoms. The Morgan fingerprint density at radius 1 is 1.16 bits per heavy atom. The van der Waals surface area contributed by atoms with E-state index >= 15 is 0 Å². The van der Waals surface area contributed by atoms with Crippen molar-refractivity contribution < 1.29 is 8.78 Å². The molecule has 1 aromatic heterocycles. The van der Waals surface area contributed by atoms with Crippen molar-refractivity contribution in [3.8, 4) is 11.3 Å². The lowest BCUT2D eigenvalue weighted by Gasteiger charge is -2.08. The van der Waals surface area contributed by atoms with E-state index in [0.717, 1.165) is 13.0 Å². The van der Waals surface area contributed by atoms with Gasteiger partial charge in [0.1, 0.15) is 5.82 Å². The van der Waals surface area contributed by atoms with Crippen LogP contribution in [0.2, 0.25) is 0 Å². The van der Waals surface area contributed by atoms with Crippen LogP contribution < -0.4 is 5.32 Å². The molecule has 3 nitrogen and oxygen atoms in total. The van der Waals surface area contributed by atoms with Crippen molar-refractivity contribution in [3.05, 3.63) is 41.7 Å². The van der Waals surface area contributed by atoms with Crippen LogP contribution in [0.1, 0.15) is 18.9 Å². The first kappa shape index (κ1) is 13.4. The summed E-state index contributed by atoms with van der Waals surface area (Å²) < 4.78 is 27.4. The zero-order valence-electron chi connectivity index (χ0n) is 10.9. The number of benzene rings is 1. The number of nitrogens with one attached hydrogen (secondary N) is 1. The summed E-state index contributed by atoms with van der Waals surface area (Å²) in [4.78, 5) is 8.22. The maximum Gasteiger partial charge on any atom is 0.168 e. The van der Waals surface area contributed by atoms with Crippen molar-refractivity contribution in [1.29, 1.82) is 0 Å². The third-order valence-electron chi connectivity index (χ3n) is 2.74. The molecule has 0 saturated carbocycles. The Bertz CT molecular complexity index is 585. The van der Waals surface area contributed by atoms with Crippen molar-refractivity contribution in [1.82, 2.24) is 9.97 Å². The molecule has 2 rings (SSSR count). The summed E-state index contributed by atoms with van der Waals surface area (Å²) in [7, 11) is 0. The van der Waals surface area contributed by atoms with Gasteiger partial charge >= 0.3 is 0 Å². The smallest absolute Gasteiger partial charge is 0.168 e. The molecule has 0 aliphatic heterocycles. The Hall–Kier alpha value is -2.04. The molecule has 0 unspecified atom stereocenters. The molecule has 1 heterocycles. The number of anilines is 1. The molecule has 1 aromatic carbocycles. The Morgan fingerprint density at radius 3 is 2.68 bits per heavy atom.